The molecule has 0 aliphatic heterocycles. The summed E-state index contributed by atoms with van der Waals surface area (Å²) in [5, 5.41) is 2.47. The predicted molar refractivity (Wildman–Crippen MR) is 83.9 cm³/mol. The number of halogens is 4. The molecule has 0 aliphatic rings. The summed E-state index contributed by atoms with van der Waals surface area (Å²) in [4.78, 5) is 3.97. The van der Waals surface area contributed by atoms with Gasteiger partial charge in [-0.05, 0) is 40.3 Å². The van der Waals surface area contributed by atoms with Crippen LogP contribution in [0.2, 0.25) is 0 Å². The van der Waals surface area contributed by atoms with Crippen molar-refractivity contribution in [3.63, 3.8) is 0 Å². The van der Waals surface area contributed by atoms with E-state index in [4.69, 9.17) is 22.7 Å². The Labute approximate surface area is 137 Å². The van der Waals surface area contributed by atoms with Gasteiger partial charge in [-0.15, -0.1) is 0 Å². The highest BCUT2D eigenvalue weighted by Gasteiger charge is 2.34. The topological polar surface area (TPSA) is 60.2 Å². The second-order valence-corrected chi connectivity index (χ2v) is 5.44. The normalized spacial score (nSPS) is 11.1. The van der Waals surface area contributed by atoms with Crippen LogP contribution in [0.3, 0.4) is 0 Å². The molecule has 0 saturated carbocycles. The molecule has 116 valence electrons. The standard InChI is InChI=1S/C13H9BrF3N3OS/c14-7-5-10(11(19-6-7)20-12(18)22)21-9-4-2-1-3-8(9)13(15,16)17/h1-6H,(H3,18,19,20,22). The van der Waals surface area contributed by atoms with E-state index in [2.05, 4.69) is 26.2 Å². The van der Waals surface area contributed by atoms with Crippen molar-refractivity contribution in [3.8, 4) is 11.5 Å². The third-order valence-corrected chi connectivity index (χ3v) is 3.01. The Morgan fingerprint density at radius 3 is 2.59 bits per heavy atom. The summed E-state index contributed by atoms with van der Waals surface area (Å²) in [7, 11) is 0. The van der Waals surface area contributed by atoms with E-state index in [9.17, 15) is 13.2 Å². The maximum atomic E-state index is 13.0. The molecule has 2 rings (SSSR count). The number of anilines is 1. The number of nitrogens with zero attached hydrogens (tertiary/aromatic N) is 1. The minimum Gasteiger partial charge on any atom is -0.453 e. The van der Waals surface area contributed by atoms with Crippen LogP contribution in [0.25, 0.3) is 0 Å². The second-order valence-electron chi connectivity index (χ2n) is 4.09. The van der Waals surface area contributed by atoms with Crippen LogP contribution in [0.4, 0.5) is 19.0 Å². The lowest BCUT2D eigenvalue weighted by Crippen LogP contribution is -2.20. The van der Waals surface area contributed by atoms with E-state index in [-0.39, 0.29) is 22.4 Å². The average Bonchev–Trinajstić information content (AvgIpc) is 2.41. The zero-order valence-corrected chi connectivity index (χ0v) is 13.2. The quantitative estimate of drug-likeness (QED) is 0.763. The van der Waals surface area contributed by atoms with Gasteiger partial charge in [-0.25, -0.2) is 4.98 Å². The fourth-order valence-electron chi connectivity index (χ4n) is 1.62. The molecule has 4 nitrogen and oxygen atoms in total. The third kappa shape index (κ3) is 4.08. The van der Waals surface area contributed by atoms with E-state index in [1.807, 2.05) is 0 Å². The monoisotopic (exact) mass is 391 g/mol. The first-order chi connectivity index (χ1) is 10.3. The number of rotatable bonds is 3. The number of benzene rings is 1. The third-order valence-electron chi connectivity index (χ3n) is 2.47. The van der Waals surface area contributed by atoms with E-state index in [1.54, 1.807) is 0 Å². The number of pyridine rings is 1. The highest BCUT2D eigenvalue weighted by molar-refractivity contribution is 9.10. The number of nitrogens with two attached hydrogens (primary N) is 1. The van der Waals surface area contributed by atoms with E-state index in [0.717, 1.165) is 6.07 Å². The number of hydrogen-bond acceptors (Lipinski definition) is 3. The number of ether oxygens (including phenoxy) is 1. The Kier molecular flexibility index (Phi) is 4.87. The molecule has 0 amide bonds. The lowest BCUT2D eigenvalue weighted by Gasteiger charge is -2.15. The van der Waals surface area contributed by atoms with Crippen molar-refractivity contribution in [1.82, 2.24) is 4.98 Å². The van der Waals surface area contributed by atoms with Gasteiger partial charge in [-0.1, -0.05) is 12.1 Å². The first-order valence-corrected chi connectivity index (χ1v) is 7.03. The minimum absolute atomic E-state index is 0.0545. The molecule has 0 saturated heterocycles. The maximum absolute atomic E-state index is 13.0. The van der Waals surface area contributed by atoms with Crippen molar-refractivity contribution < 1.29 is 17.9 Å². The average molecular weight is 392 g/mol. The van der Waals surface area contributed by atoms with Crippen molar-refractivity contribution in [2.75, 3.05) is 5.32 Å². The van der Waals surface area contributed by atoms with Crippen LogP contribution >= 0.6 is 28.1 Å². The summed E-state index contributed by atoms with van der Waals surface area (Å²) < 4.78 is 44.8. The summed E-state index contributed by atoms with van der Waals surface area (Å²) in [5.74, 6) is -0.174. The minimum atomic E-state index is -4.53. The summed E-state index contributed by atoms with van der Waals surface area (Å²) >= 11 is 7.88. The van der Waals surface area contributed by atoms with Crippen LogP contribution in [0.15, 0.2) is 41.0 Å². The molecule has 0 fully saturated rings. The van der Waals surface area contributed by atoms with E-state index in [1.165, 1.54) is 30.5 Å². The first kappa shape index (κ1) is 16.5. The van der Waals surface area contributed by atoms with Gasteiger partial charge in [0.15, 0.2) is 16.7 Å². The molecule has 0 unspecified atom stereocenters. The number of hydrogen-bond donors (Lipinski definition) is 2. The van der Waals surface area contributed by atoms with Crippen LogP contribution in [0.1, 0.15) is 5.56 Å². The molecule has 1 aromatic carbocycles. The first-order valence-electron chi connectivity index (χ1n) is 5.83. The highest BCUT2D eigenvalue weighted by atomic mass is 79.9. The summed E-state index contributed by atoms with van der Waals surface area (Å²) in [5.41, 5.74) is 4.46. The largest absolute Gasteiger partial charge is 0.453 e. The SMILES string of the molecule is NC(=S)Nc1ncc(Br)cc1Oc1ccccc1C(F)(F)F. The number of aromatic nitrogens is 1. The zero-order chi connectivity index (χ0) is 16.3. The fraction of sp³-hybridized carbons (Fsp3) is 0.0769. The molecule has 9 heteroatoms. The van der Waals surface area contributed by atoms with Gasteiger partial charge in [-0.3, -0.25) is 0 Å². The molecule has 1 heterocycles. The number of para-hydroxylation sites is 1. The number of nitrogens with one attached hydrogen (secondary N) is 1. The Balaban J connectivity index is 2.43. The van der Waals surface area contributed by atoms with Crippen LogP contribution in [-0.2, 0) is 6.18 Å². The fourth-order valence-corrected chi connectivity index (χ4v) is 2.02. The van der Waals surface area contributed by atoms with Crippen molar-refractivity contribution in [2.45, 2.75) is 6.18 Å². The molecule has 0 radical (unpaired) electrons. The highest BCUT2D eigenvalue weighted by Crippen LogP contribution is 2.39. The molecule has 3 N–H and O–H groups in total. The van der Waals surface area contributed by atoms with E-state index >= 15 is 0 Å². The molecule has 1 aromatic heterocycles. The van der Waals surface area contributed by atoms with Crippen molar-refractivity contribution >= 4 is 39.1 Å². The number of alkyl halides is 3. The van der Waals surface area contributed by atoms with Crippen LogP contribution in [-0.4, -0.2) is 10.1 Å². The van der Waals surface area contributed by atoms with Crippen molar-refractivity contribution in [3.05, 3.63) is 46.6 Å². The molecule has 0 spiro atoms. The lowest BCUT2D eigenvalue weighted by molar-refractivity contribution is -0.138. The molecule has 2 aromatic rings. The van der Waals surface area contributed by atoms with Gasteiger partial charge in [0.05, 0.1) is 5.56 Å². The zero-order valence-electron chi connectivity index (χ0n) is 10.8. The lowest BCUT2D eigenvalue weighted by atomic mass is 10.2. The molecule has 0 atom stereocenters. The predicted octanol–water partition coefficient (Wildman–Crippen LogP) is 4.31. The van der Waals surface area contributed by atoms with Gasteiger partial charge in [-0.2, -0.15) is 13.2 Å². The summed E-state index contributed by atoms with van der Waals surface area (Å²) in [6.45, 7) is 0. The van der Waals surface area contributed by atoms with Gasteiger partial charge < -0.3 is 15.8 Å². The van der Waals surface area contributed by atoms with Crippen LogP contribution in [0.5, 0.6) is 11.5 Å². The van der Waals surface area contributed by atoms with Gasteiger partial charge in [0.2, 0.25) is 0 Å². The Morgan fingerprint density at radius 1 is 1.27 bits per heavy atom. The smallest absolute Gasteiger partial charge is 0.419 e. The Morgan fingerprint density at radius 2 is 1.95 bits per heavy atom. The van der Waals surface area contributed by atoms with Crippen LogP contribution < -0.4 is 15.8 Å². The summed E-state index contributed by atoms with van der Waals surface area (Å²) in [6.07, 6.45) is -3.10. The van der Waals surface area contributed by atoms with Gasteiger partial charge in [0.1, 0.15) is 5.75 Å². The maximum Gasteiger partial charge on any atom is 0.419 e. The molecule has 0 bridgehead atoms. The Bertz CT molecular complexity index is 709. The second kappa shape index (κ2) is 6.49. The molecule has 22 heavy (non-hydrogen) atoms. The Hall–Kier alpha value is -1.87. The molecule has 0 aliphatic carbocycles. The van der Waals surface area contributed by atoms with E-state index in [0.29, 0.717) is 4.47 Å². The van der Waals surface area contributed by atoms with Crippen molar-refractivity contribution in [2.24, 2.45) is 5.73 Å². The molecular formula is C13H9BrF3N3OS. The number of thiocarbonyl (C=S) groups is 1. The summed E-state index contributed by atoms with van der Waals surface area (Å²) in [6, 6.07) is 6.33. The van der Waals surface area contributed by atoms with Crippen LogP contribution in [0, 0.1) is 0 Å². The molecular weight excluding hydrogens is 383 g/mol. The van der Waals surface area contributed by atoms with Gasteiger partial charge >= 0.3 is 6.18 Å². The van der Waals surface area contributed by atoms with E-state index < -0.39 is 11.7 Å². The van der Waals surface area contributed by atoms with Gasteiger partial charge in [0, 0.05) is 16.7 Å². The van der Waals surface area contributed by atoms with Crippen molar-refractivity contribution in [1.29, 1.82) is 0 Å². The van der Waals surface area contributed by atoms with Gasteiger partial charge in [0.25, 0.3) is 0 Å².